The van der Waals surface area contributed by atoms with Crippen LogP contribution in [0, 0.1) is 23.7 Å². The van der Waals surface area contributed by atoms with Crippen molar-refractivity contribution in [2.75, 3.05) is 18.1 Å². The van der Waals surface area contributed by atoms with Gasteiger partial charge in [0.05, 0.1) is 23.3 Å². The summed E-state index contributed by atoms with van der Waals surface area (Å²) in [5.74, 6) is -1.36. The number of sulfone groups is 1. The van der Waals surface area contributed by atoms with Crippen molar-refractivity contribution in [2.45, 2.75) is 18.9 Å². The smallest absolute Gasteiger partial charge is 0.240 e. The molecule has 2 saturated heterocycles. The summed E-state index contributed by atoms with van der Waals surface area (Å²) >= 11 is 0. The van der Waals surface area contributed by atoms with Gasteiger partial charge in [-0.25, -0.2) is 8.42 Å². The highest BCUT2D eigenvalue weighted by Gasteiger charge is 2.59. The molecule has 0 aromatic rings. The molecule has 0 radical (unpaired) electrons. The van der Waals surface area contributed by atoms with E-state index < -0.39 is 21.8 Å². The summed E-state index contributed by atoms with van der Waals surface area (Å²) in [6, 6.07) is -0.419. The van der Waals surface area contributed by atoms with Crippen LogP contribution < -0.4 is 5.32 Å². The molecular weight excluding hydrogens is 320 g/mol. The molecule has 1 saturated carbocycles. The second-order valence-electron chi connectivity index (χ2n) is 6.93. The fraction of sp³-hybridized carbons (Fsp3) is 0.667. The van der Waals surface area contributed by atoms with Crippen molar-refractivity contribution in [1.29, 1.82) is 0 Å². The number of hydrogen-bond acceptors (Lipinski definition) is 5. The van der Waals surface area contributed by atoms with Gasteiger partial charge in [-0.3, -0.25) is 19.3 Å². The third-order valence-electron chi connectivity index (χ3n) is 5.46. The molecule has 23 heavy (non-hydrogen) atoms. The van der Waals surface area contributed by atoms with Gasteiger partial charge in [-0.05, 0) is 24.7 Å². The second kappa shape index (κ2) is 4.90. The van der Waals surface area contributed by atoms with Gasteiger partial charge in [0.25, 0.3) is 0 Å². The summed E-state index contributed by atoms with van der Waals surface area (Å²) in [5.41, 5.74) is 0. The molecule has 1 N–H and O–H groups in total. The molecule has 0 aromatic heterocycles. The first kappa shape index (κ1) is 14.9. The number of likely N-dealkylation sites (tertiary alicyclic amines) is 1. The predicted octanol–water partition coefficient (Wildman–Crippen LogP) is -0.903. The number of amides is 3. The Labute approximate surface area is 134 Å². The highest BCUT2D eigenvalue weighted by Crippen LogP contribution is 2.52. The van der Waals surface area contributed by atoms with E-state index in [1.165, 1.54) is 0 Å². The third kappa shape index (κ3) is 2.31. The third-order valence-corrected chi connectivity index (χ3v) is 7.23. The lowest BCUT2D eigenvalue weighted by molar-refractivity contribution is -0.144. The first-order valence-corrected chi connectivity index (χ1v) is 9.71. The normalized spacial score (nSPS) is 40.0. The molecule has 4 aliphatic rings. The summed E-state index contributed by atoms with van der Waals surface area (Å²) < 4.78 is 22.8. The quantitative estimate of drug-likeness (QED) is 0.531. The maximum absolute atomic E-state index is 12.5. The Kier molecular flexibility index (Phi) is 3.16. The van der Waals surface area contributed by atoms with Crippen LogP contribution in [-0.2, 0) is 24.2 Å². The molecule has 8 heteroatoms. The fourth-order valence-corrected chi connectivity index (χ4v) is 6.12. The molecule has 5 unspecified atom stereocenters. The first-order chi connectivity index (χ1) is 10.9. The van der Waals surface area contributed by atoms with E-state index in [-0.39, 0.29) is 53.5 Å². The number of nitrogens with zero attached hydrogens (tertiary/aromatic N) is 1. The van der Waals surface area contributed by atoms with Gasteiger partial charge in [0.2, 0.25) is 17.7 Å². The van der Waals surface area contributed by atoms with Gasteiger partial charge < -0.3 is 5.32 Å². The molecule has 0 spiro atoms. The lowest BCUT2D eigenvalue weighted by Crippen LogP contribution is -2.45. The molecule has 124 valence electrons. The van der Waals surface area contributed by atoms with Crippen molar-refractivity contribution in [1.82, 2.24) is 10.2 Å². The Balaban J connectivity index is 1.41. The van der Waals surface area contributed by atoms with Gasteiger partial charge in [0, 0.05) is 6.04 Å². The van der Waals surface area contributed by atoms with E-state index in [0.717, 1.165) is 11.3 Å². The van der Waals surface area contributed by atoms with Crippen LogP contribution in [-0.4, -0.2) is 55.1 Å². The van der Waals surface area contributed by atoms with Gasteiger partial charge in [-0.1, -0.05) is 12.2 Å². The standard InChI is InChI=1S/C15H18N2O5S/c18-11(16-10-3-4-23(21,22)7-10)6-17-14(19)12-8-1-2-9(5-8)13(12)15(17)20/h1-2,8-10,12-13H,3-7H2,(H,16,18). The Hall–Kier alpha value is -1.70. The van der Waals surface area contributed by atoms with E-state index in [1.54, 1.807) is 0 Å². The molecule has 3 amide bonds. The number of imide groups is 1. The van der Waals surface area contributed by atoms with Crippen LogP contribution in [0.4, 0.5) is 0 Å². The molecule has 4 rings (SSSR count). The zero-order valence-corrected chi connectivity index (χ0v) is 13.3. The Bertz CT molecular complexity index is 698. The highest BCUT2D eigenvalue weighted by atomic mass is 32.2. The van der Waals surface area contributed by atoms with Gasteiger partial charge in [0.1, 0.15) is 6.54 Å². The van der Waals surface area contributed by atoms with E-state index >= 15 is 0 Å². The molecule has 7 nitrogen and oxygen atoms in total. The zero-order chi connectivity index (χ0) is 16.4. The monoisotopic (exact) mass is 338 g/mol. The van der Waals surface area contributed by atoms with Gasteiger partial charge in [-0.2, -0.15) is 0 Å². The fourth-order valence-electron chi connectivity index (χ4n) is 4.45. The number of rotatable bonds is 3. The number of nitrogens with one attached hydrogen (secondary N) is 1. The van der Waals surface area contributed by atoms with E-state index in [4.69, 9.17) is 0 Å². The molecule has 2 aliphatic carbocycles. The summed E-state index contributed by atoms with van der Waals surface area (Å²) in [6.45, 7) is -0.305. The van der Waals surface area contributed by atoms with Crippen LogP contribution in [0.25, 0.3) is 0 Å². The van der Waals surface area contributed by atoms with Crippen LogP contribution >= 0.6 is 0 Å². The minimum absolute atomic E-state index is 0.0682. The molecule has 0 aromatic carbocycles. The topological polar surface area (TPSA) is 101 Å². The minimum atomic E-state index is -3.08. The van der Waals surface area contributed by atoms with Crippen molar-refractivity contribution in [3.63, 3.8) is 0 Å². The van der Waals surface area contributed by atoms with Crippen molar-refractivity contribution >= 4 is 27.6 Å². The summed E-state index contributed by atoms with van der Waals surface area (Å²) in [5, 5.41) is 2.63. The van der Waals surface area contributed by atoms with Gasteiger partial charge in [0.15, 0.2) is 9.84 Å². The first-order valence-electron chi connectivity index (χ1n) is 7.89. The maximum atomic E-state index is 12.5. The van der Waals surface area contributed by atoms with Crippen LogP contribution in [0.1, 0.15) is 12.8 Å². The van der Waals surface area contributed by atoms with Gasteiger partial charge in [-0.15, -0.1) is 0 Å². The minimum Gasteiger partial charge on any atom is -0.351 e. The molecule has 2 heterocycles. The maximum Gasteiger partial charge on any atom is 0.240 e. The molecule has 2 aliphatic heterocycles. The van der Waals surface area contributed by atoms with E-state index in [9.17, 15) is 22.8 Å². The van der Waals surface area contributed by atoms with E-state index in [1.807, 2.05) is 12.2 Å². The average Bonchev–Trinajstić information content (AvgIpc) is 3.20. The van der Waals surface area contributed by atoms with Crippen LogP contribution in [0.5, 0.6) is 0 Å². The van der Waals surface area contributed by atoms with Crippen molar-refractivity contribution in [2.24, 2.45) is 23.7 Å². The number of allylic oxidation sites excluding steroid dienone is 2. The molecule has 5 atom stereocenters. The molecular formula is C15H18N2O5S. The van der Waals surface area contributed by atoms with Crippen LogP contribution in [0.3, 0.4) is 0 Å². The molecule has 3 fully saturated rings. The van der Waals surface area contributed by atoms with Crippen molar-refractivity contribution in [3.05, 3.63) is 12.2 Å². The van der Waals surface area contributed by atoms with Crippen molar-refractivity contribution in [3.8, 4) is 0 Å². The number of fused-ring (bicyclic) bond motifs is 5. The second-order valence-corrected chi connectivity index (χ2v) is 9.16. The molecule has 2 bridgehead atoms. The predicted molar refractivity (Wildman–Crippen MR) is 79.6 cm³/mol. The number of hydrogen-bond donors (Lipinski definition) is 1. The summed E-state index contributed by atoms with van der Waals surface area (Å²) in [4.78, 5) is 38.1. The Morgan fingerprint density at radius 1 is 1.17 bits per heavy atom. The SMILES string of the molecule is O=C(CN1C(=O)C2C3C=CC(C3)C2C1=O)NC1CCS(=O)(=O)C1. The van der Waals surface area contributed by atoms with Crippen molar-refractivity contribution < 1.29 is 22.8 Å². The van der Waals surface area contributed by atoms with E-state index in [0.29, 0.717) is 6.42 Å². The average molecular weight is 338 g/mol. The number of carbonyl (C=O) groups is 3. The highest BCUT2D eigenvalue weighted by molar-refractivity contribution is 7.91. The largest absolute Gasteiger partial charge is 0.351 e. The summed E-state index contributed by atoms with van der Waals surface area (Å²) in [6.07, 6.45) is 5.25. The zero-order valence-electron chi connectivity index (χ0n) is 12.5. The Morgan fingerprint density at radius 2 is 1.78 bits per heavy atom. The lowest BCUT2D eigenvalue weighted by atomic mass is 9.85. The Morgan fingerprint density at radius 3 is 2.30 bits per heavy atom. The van der Waals surface area contributed by atoms with Crippen LogP contribution in [0.2, 0.25) is 0 Å². The number of carbonyl (C=O) groups excluding carboxylic acids is 3. The lowest BCUT2D eigenvalue weighted by Gasteiger charge is -2.18. The van der Waals surface area contributed by atoms with Gasteiger partial charge >= 0.3 is 0 Å². The summed E-state index contributed by atoms with van der Waals surface area (Å²) in [7, 11) is -3.08. The van der Waals surface area contributed by atoms with E-state index in [2.05, 4.69) is 5.32 Å². The van der Waals surface area contributed by atoms with Crippen LogP contribution in [0.15, 0.2) is 12.2 Å².